The van der Waals surface area contributed by atoms with Crippen LogP contribution < -0.4 is 0 Å². The highest BCUT2D eigenvalue weighted by atomic mass is 32.2. The fourth-order valence-corrected chi connectivity index (χ4v) is 9.26. The molecule has 0 saturated heterocycles. The minimum Gasteiger partial charge on any atom is -0.0888 e. The molecule has 0 aromatic heterocycles. The maximum absolute atomic E-state index is 2.43. The van der Waals surface area contributed by atoms with E-state index in [1.807, 2.05) is 11.8 Å². The van der Waals surface area contributed by atoms with E-state index in [-0.39, 0.29) is 5.41 Å². The van der Waals surface area contributed by atoms with Gasteiger partial charge in [0, 0.05) is 20.6 Å². The molecule has 0 nitrogen and oxygen atoms in total. The number of hydrogen-bond acceptors (Lipinski definition) is 1. The first-order valence-electron chi connectivity index (χ1n) is 15.0. The minimum absolute atomic E-state index is 0.182. The zero-order chi connectivity index (χ0) is 27.0. The second-order valence-electron chi connectivity index (χ2n) is 11.9. The van der Waals surface area contributed by atoms with Crippen molar-refractivity contribution >= 4 is 22.5 Å². The highest BCUT2D eigenvalue weighted by Crippen LogP contribution is 2.58. The summed E-state index contributed by atoms with van der Waals surface area (Å²) in [5.41, 5.74) is 14.2. The van der Waals surface area contributed by atoms with Crippen LogP contribution in [0.4, 0.5) is 0 Å². The van der Waals surface area contributed by atoms with E-state index in [4.69, 9.17) is 0 Å². The summed E-state index contributed by atoms with van der Waals surface area (Å²) in [6.45, 7) is 0. The Kier molecular flexibility index (Phi) is 5.16. The molecule has 196 valence electrons. The normalized spacial score (nSPS) is 15.9. The summed E-state index contributed by atoms with van der Waals surface area (Å²) in [5.74, 6) is 0. The van der Waals surface area contributed by atoms with Gasteiger partial charge in [-0.3, -0.25) is 0 Å². The lowest BCUT2D eigenvalue weighted by Crippen LogP contribution is -2.27. The lowest BCUT2D eigenvalue weighted by atomic mass is 9.68. The first kappa shape index (κ1) is 23.6. The number of hydrogen-bond donors (Lipinski definition) is 0. The molecule has 6 aromatic carbocycles. The number of fused-ring (bicyclic) bond motifs is 7. The van der Waals surface area contributed by atoms with Gasteiger partial charge < -0.3 is 0 Å². The molecule has 1 aliphatic heterocycles. The Morgan fingerprint density at radius 2 is 1.15 bits per heavy atom. The topological polar surface area (TPSA) is 0 Å². The summed E-state index contributed by atoms with van der Waals surface area (Å²) in [6.07, 6.45) is 6.53. The highest BCUT2D eigenvalue weighted by Gasteiger charge is 2.44. The van der Waals surface area contributed by atoms with Gasteiger partial charge >= 0.3 is 0 Å². The van der Waals surface area contributed by atoms with Crippen molar-refractivity contribution in [2.75, 3.05) is 0 Å². The summed E-state index contributed by atoms with van der Waals surface area (Å²) in [4.78, 5) is 2.70. The maximum atomic E-state index is 2.43. The van der Waals surface area contributed by atoms with Crippen LogP contribution >= 0.6 is 11.8 Å². The molecule has 1 saturated carbocycles. The molecule has 2 aliphatic carbocycles. The van der Waals surface area contributed by atoms with Crippen molar-refractivity contribution in [2.45, 2.75) is 47.3 Å². The molecule has 9 rings (SSSR count). The smallest absolute Gasteiger partial charge is 0.0215 e. The lowest BCUT2D eigenvalue weighted by Gasteiger charge is -2.36. The molecule has 0 radical (unpaired) electrons. The predicted octanol–water partition coefficient (Wildman–Crippen LogP) is 11.5. The fraction of sp³-hybridized carbons (Fsp3) is 0.150. The summed E-state index contributed by atoms with van der Waals surface area (Å²) < 4.78 is 0. The van der Waals surface area contributed by atoms with Crippen molar-refractivity contribution in [3.05, 3.63) is 132 Å². The Balaban J connectivity index is 1.23. The van der Waals surface area contributed by atoms with E-state index in [0.29, 0.717) is 0 Å². The molecular formula is C40H30S. The molecule has 1 heteroatoms. The van der Waals surface area contributed by atoms with Crippen molar-refractivity contribution in [3.8, 4) is 44.5 Å². The van der Waals surface area contributed by atoms with E-state index >= 15 is 0 Å². The van der Waals surface area contributed by atoms with Crippen molar-refractivity contribution in [1.82, 2.24) is 0 Å². The average Bonchev–Trinajstić information content (AvgIpc) is 3.31. The summed E-state index contributed by atoms with van der Waals surface area (Å²) in [7, 11) is 0. The highest BCUT2D eigenvalue weighted by molar-refractivity contribution is 7.99. The molecule has 0 unspecified atom stereocenters. The molecule has 1 spiro atoms. The molecule has 3 aliphatic rings. The van der Waals surface area contributed by atoms with Gasteiger partial charge in [0.1, 0.15) is 0 Å². The van der Waals surface area contributed by atoms with Crippen LogP contribution in [0.2, 0.25) is 0 Å². The van der Waals surface area contributed by atoms with Crippen molar-refractivity contribution < 1.29 is 0 Å². The van der Waals surface area contributed by atoms with Crippen molar-refractivity contribution in [2.24, 2.45) is 0 Å². The van der Waals surface area contributed by atoms with Gasteiger partial charge in [-0.25, -0.2) is 0 Å². The first-order valence-corrected chi connectivity index (χ1v) is 15.8. The van der Waals surface area contributed by atoms with Crippen molar-refractivity contribution in [3.63, 3.8) is 0 Å². The van der Waals surface area contributed by atoms with E-state index in [1.54, 1.807) is 11.1 Å². The Morgan fingerprint density at radius 3 is 2.05 bits per heavy atom. The van der Waals surface area contributed by atoms with Gasteiger partial charge in [-0.1, -0.05) is 134 Å². The predicted molar refractivity (Wildman–Crippen MR) is 174 cm³/mol. The van der Waals surface area contributed by atoms with Crippen LogP contribution in [-0.4, -0.2) is 0 Å². The number of benzene rings is 6. The molecule has 0 N–H and O–H groups in total. The molecule has 1 fully saturated rings. The summed E-state index contributed by atoms with van der Waals surface area (Å²) >= 11 is 1.90. The monoisotopic (exact) mass is 542 g/mol. The van der Waals surface area contributed by atoms with Crippen LogP contribution in [0.1, 0.15) is 43.2 Å². The Hall–Kier alpha value is -4.07. The second kappa shape index (κ2) is 8.96. The molecule has 6 aromatic rings. The molecule has 1 heterocycles. The molecule has 0 amide bonds. The van der Waals surface area contributed by atoms with E-state index in [1.165, 1.54) is 97.2 Å². The Labute approximate surface area is 246 Å². The van der Waals surface area contributed by atoms with Crippen LogP contribution in [-0.2, 0) is 5.41 Å². The minimum atomic E-state index is 0.182. The second-order valence-corrected chi connectivity index (χ2v) is 13.0. The maximum Gasteiger partial charge on any atom is 0.0215 e. The van der Waals surface area contributed by atoms with E-state index in [2.05, 4.69) is 121 Å². The quantitative estimate of drug-likeness (QED) is 0.209. The fourth-order valence-electron chi connectivity index (χ4n) is 8.13. The van der Waals surface area contributed by atoms with Gasteiger partial charge in [0.25, 0.3) is 0 Å². The van der Waals surface area contributed by atoms with E-state index in [0.717, 1.165) is 0 Å². The van der Waals surface area contributed by atoms with Crippen LogP contribution in [0.5, 0.6) is 0 Å². The molecular weight excluding hydrogens is 513 g/mol. The van der Waals surface area contributed by atoms with Crippen LogP contribution in [0, 0.1) is 0 Å². The SMILES string of the molecule is c1cc(-c2cccc3c2-c2ccccc2C32CCCCC2)cc(-c2ccc3c4c(cccc24)-c2ccccc2S3)c1. The molecule has 0 atom stereocenters. The van der Waals surface area contributed by atoms with Gasteiger partial charge in [-0.15, -0.1) is 0 Å². The third-order valence-electron chi connectivity index (χ3n) is 9.88. The van der Waals surface area contributed by atoms with Crippen LogP contribution in [0.25, 0.3) is 55.3 Å². The zero-order valence-electron chi connectivity index (χ0n) is 23.0. The van der Waals surface area contributed by atoms with Crippen LogP contribution in [0.15, 0.2) is 131 Å². The van der Waals surface area contributed by atoms with E-state index in [9.17, 15) is 0 Å². The Bertz CT molecular complexity index is 2010. The standard InChI is InChI=1S/C40H30S/c1-6-23-40(24-7-1)34-18-4-2-14-33(34)38-29(15-10-19-35(38)40)27-12-8-11-26(25-27)28-21-22-37-39-31(28)16-9-17-32(39)30-13-3-5-20-36(30)41-37/h2-5,8-22,25H,1,6-7,23-24H2. The first-order chi connectivity index (χ1) is 20.3. The van der Waals surface area contributed by atoms with Gasteiger partial charge in [-0.05, 0) is 92.1 Å². The van der Waals surface area contributed by atoms with Gasteiger partial charge in [-0.2, -0.15) is 0 Å². The van der Waals surface area contributed by atoms with E-state index < -0.39 is 0 Å². The van der Waals surface area contributed by atoms with Gasteiger partial charge in [0.05, 0.1) is 0 Å². The third-order valence-corrected chi connectivity index (χ3v) is 11.0. The van der Waals surface area contributed by atoms with Gasteiger partial charge in [0.2, 0.25) is 0 Å². The summed E-state index contributed by atoms with van der Waals surface area (Å²) in [6, 6.07) is 45.9. The number of rotatable bonds is 2. The van der Waals surface area contributed by atoms with Gasteiger partial charge in [0.15, 0.2) is 0 Å². The lowest BCUT2D eigenvalue weighted by molar-refractivity contribution is 0.353. The summed E-state index contributed by atoms with van der Waals surface area (Å²) in [5, 5.41) is 2.72. The molecule has 0 bridgehead atoms. The Morgan fingerprint density at radius 1 is 0.463 bits per heavy atom. The molecule has 41 heavy (non-hydrogen) atoms. The average molecular weight is 543 g/mol. The van der Waals surface area contributed by atoms with Crippen molar-refractivity contribution in [1.29, 1.82) is 0 Å². The third kappa shape index (κ3) is 3.36. The largest absolute Gasteiger partial charge is 0.0888 e. The zero-order valence-corrected chi connectivity index (χ0v) is 23.8. The van der Waals surface area contributed by atoms with Crippen LogP contribution in [0.3, 0.4) is 0 Å².